The number of carbonyl (C=O) groups is 2. The molecular weight excluding hydrogens is 517 g/mol. The van der Waals surface area contributed by atoms with Crippen molar-refractivity contribution in [2.24, 2.45) is 5.92 Å². The van der Waals surface area contributed by atoms with Crippen molar-refractivity contribution in [3.05, 3.63) is 95.3 Å². The zero-order valence-electron chi connectivity index (χ0n) is 23.8. The number of anilines is 1. The van der Waals surface area contributed by atoms with Crippen LogP contribution in [-0.2, 0) is 11.2 Å². The highest BCUT2D eigenvalue weighted by molar-refractivity contribution is 5.97. The van der Waals surface area contributed by atoms with E-state index in [0.29, 0.717) is 30.2 Å². The van der Waals surface area contributed by atoms with Gasteiger partial charge in [-0.3, -0.25) is 9.59 Å². The van der Waals surface area contributed by atoms with Crippen molar-refractivity contribution in [3.8, 4) is 5.75 Å². The molecule has 2 unspecified atom stereocenters. The molecule has 0 aromatic heterocycles. The van der Waals surface area contributed by atoms with Crippen molar-refractivity contribution in [1.82, 2.24) is 10.6 Å². The van der Waals surface area contributed by atoms with Gasteiger partial charge in [-0.2, -0.15) is 0 Å². The fraction of sp³-hybridized carbons (Fsp3) is 0.412. The van der Waals surface area contributed by atoms with Gasteiger partial charge in [-0.15, -0.1) is 0 Å². The highest BCUT2D eigenvalue weighted by atomic mass is 19.1. The van der Waals surface area contributed by atoms with Crippen LogP contribution in [0.2, 0.25) is 0 Å². The molecule has 2 amide bonds. The number of amides is 2. The van der Waals surface area contributed by atoms with E-state index in [-0.39, 0.29) is 23.7 Å². The van der Waals surface area contributed by atoms with E-state index >= 15 is 0 Å². The van der Waals surface area contributed by atoms with E-state index < -0.39 is 6.04 Å². The van der Waals surface area contributed by atoms with Crippen molar-refractivity contribution in [2.45, 2.75) is 63.5 Å². The normalized spacial score (nSPS) is 16.5. The fourth-order valence-electron chi connectivity index (χ4n) is 6.19. The lowest BCUT2D eigenvalue weighted by molar-refractivity contribution is -0.124. The lowest BCUT2D eigenvalue weighted by atomic mass is 9.85. The maximum atomic E-state index is 13.9. The van der Waals surface area contributed by atoms with Crippen LogP contribution < -0.4 is 20.3 Å². The van der Waals surface area contributed by atoms with Gasteiger partial charge in [-0.05, 0) is 72.7 Å². The minimum atomic E-state index is -0.665. The average molecular weight is 558 g/mol. The smallest absolute Gasteiger partial charge is 0.252 e. The van der Waals surface area contributed by atoms with Crippen molar-refractivity contribution < 1.29 is 18.7 Å². The molecule has 5 rings (SSSR count). The number of hydrogen-bond donors (Lipinski definition) is 2. The summed E-state index contributed by atoms with van der Waals surface area (Å²) in [6, 6.07) is 20.8. The number of benzene rings is 3. The van der Waals surface area contributed by atoms with Crippen LogP contribution >= 0.6 is 0 Å². The number of hydrogen-bond acceptors (Lipinski definition) is 4. The van der Waals surface area contributed by atoms with Crippen molar-refractivity contribution in [1.29, 1.82) is 0 Å². The Hall–Kier alpha value is -3.87. The molecule has 0 bridgehead atoms. The van der Waals surface area contributed by atoms with Crippen LogP contribution in [0.3, 0.4) is 0 Å². The molecule has 6 nitrogen and oxygen atoms in total. The van der Waals surface area contributed by atoms with E-state index in [0.717, 1.165) is 36.2 Å². The third-order valence-corrected chi connectivity index (χ3v) is 8.50. The topological polar surface area (TPSA) is 70.7 Å². The first-order valence-electron chi connectivity index (χ1n) is 14.8. The molecule has 7 heteroatoms. The third-order valence-electron chi connectivity index (χ3n) is 8.50. The van der Waals surface area contributed by atoms with Crippen LogP contribution in [0.4, 0.5) is 10.1 Å². The summed E-state index contributed by atoms with van der Waals surface area (Å²) in [7, 11) is 1.57. The molecule has 2 N–H and O–H groups in total. The van der Waals surface area contributed by atoms with Gasteiger partial charge in [0.05, 0.1) is 13.2 Å². The van der Waals surface area contributed by atoms with E-state index in [1.165, 1.54) is 38.2 Å². The number of fused-ring (bicyclic) bond motifs is 1. The van der Waals surface area contributed by atoms with Crippen LogP contribution in [0.25, 0.3) is 0 Å². The summed E-state index contributed by atoms with van der Waals surface area (Å²) >= 11 is 0. The van der Waals surface area contributed by atoms with E-state index in [1.54, 1.807) is 37.4 Å². The molecule has 0 saturated heterocycles. The molecule has 41 heavy (non-hydrogen) atoms. The SMILES string of the molecule is COc1cccc(C(=O)NC(CCC2CCCCC2)C(=O)NC(CN2CCc3cc(F)ccc32)c2ccccc2)c1. The minimum Gasteiger partial charge on any atom is -0.497 e. The highest BCUT2D eigenvalue weighted by Crippen LogP contribution is 2.31. The quantitative estimate of drug-likeness (QED) is 0.294. The molecule has 2 aliphatic rings. The number of rotatable bonds is 11. The Balaban J connectivity index is 1.34. The maximum Gasteiger partial charge on any atom is 0.252 e. The van der Waals surface area contributed by atoms with Gasteiger partial charge < -0.3 is 20.3 Å². The van der Waals surface area contributed by atoms with Crippen LogP contribution in [0.5, 0.6) is 5.75 Å². The molecule has 3 aromatic rings. The Bertz CT molecular complexity index is 1330. The molecule has 1 heterocycles. The predicted molar refractivity (Wildman–Crippen MR) is 160 cm³/mol. The summed E-state index contributed by atoms with van der Waals surface area (Å²) in [5, 5.41) is 6.31. The first-order valence-corrected chi connectivity index (χ1v) is 14.8. The second-order valence-electron chi connectivity index (χ2n) is 11.3. The molecule has 2 atom stereocenters. The minimum absolute atomic E-state index is 0.190. The lowest BCUT2D eigenvalue weighted by Crippen LogP contribution is -2.49. The standard InChI is InChI=1S/C34H40FN3O3/c1-41-29-14-8-13-27(22-29)33(39)36-30(17-15-24-9-4-2-5-10-24)34(40)37-31(25-11-6-3-7-12-25)23-38-20-19-26-21-28(35)16-18-32(26)38/h3,6-8,11-14,16,18,21-22,24,30-31H,2,4-5,9-10,15,17,19-20,23H2,1H3,(H,36,39)(H,37,40). The highest BCUT2D eigenvalue weighted by Gasteiger charge is 2.29. The van der Waals surface area contributed by atoms with Gasteiger partial charge in [0, 0.05) is 24.3 Å². The summed E-state index contributed by atoms with van der Waals surface area (Å²) in [5.74, 6) is 0.463. The van der Waals surface area contributed by atoms with Crippen molar-refractivity contribution in [3.63, 3.8) is 0 Å². The van der Waals surface area contributed by atoms with Gasteiger partial charge in [-0.1, -0.05) is 68.5 Å². The van der Waals surface area contributed by atoms with E-state index in [1.807, 2.05) is 36.4 Å². The molecule has 1 aliphatic heterocycles. The second-order valence-corrected chi connectivity index (χ2v) is 11.3. The molecule has 0 spiro atoms. The number of carbonyl (C=O) groups excluding carboxylic acids is 2. The Labute approximate surface area is 242 Å². The number of ether oxygens (including phenoxy) is 1. The molecule has 1 fully saturated rings. The number of nitrogens with zero attached hydrogens (tertiary/aromatic N) is 1. The Morgan fingerprint density at radius 2 is 1.78 bits per heavy atom. The summed E-state index contributed by atoms with van der Waals surface area (Å²) in [5.41, 5.74) is 3.43. The Kier molecular flexibility index (Phi) is 9.55. The van der Waals surface area contributed by atoms with Crippen molar-refractivity contribution >= 4 is 17.5 Å². The van der Waals surface area contributed by atoms with Gasteiger partial charge in [0.2, 0.25) is 5.91 Å². The van der Waals surface area contributed by atoms with Gasteiger partial charge in [0.15, 0.2) is 0 Å². The van der Waals surface area contributed by atoms with Gasteiger partial charge in [-0.25, -0.2) is 4.39 Å². The first kappa shape index (κ1) is 28.7. The molecular formula is C34H40FN3O3. The summed E-state index contributed by atoms with van der Waals surface area (Å²) in [6.45, 7) is 1.31. The first-order chi connectivity index (χ1) is 20.0. The van der Waals surface area contributed by atoms with Crippen molar-refractivity contribution in [2.75, 3.05) is 25.1 Å². The van der Waals surface area contributed by atoms with Crippen LogP contribution in [0.15, 0.2) is 72.8 Å². The van der Waals surface area contributed by atoms with Crippen LogP contribution in [-0.4, -0.2) is 38.1 Å². The molecule has 216 valence electrons. The number of nitrogens with one attached hydrogen (secondary N) is 2. The van der Waals surface area contributed by atoms with E-state index in [4.69, 9.17) is 4.74 Å². The fourth-order valence-corrected chi connectivity index (χ4v) is 6.19. The second kappa shape index (κ2) is 13.7. The molecule has 1 saturated carbocycles. The van der Waals surface area contributed by atoms with Gasteiger partial charge in [0.1, 0.15) is 17.6 Å². The summed E-state index contributed by atoms with van der Waals surface area (Å²) < 4.78 is 19.1. The third kappa shape index (κ3) is 7.46. The Morgan fingerprint density at radius 1 is 0.976 bits per heavy atom. The van der Waals surface area contributed by atoms with Gasteiger partial charge in [0.25, 0.3) is 5.91 Å². The van der Waals surface area contributed by atoms with Crippen LogP contribution in [0, 0.1) is 11.7 Å². The predicted octanol–water partition coefficient (Wildman–Crippen LogP) is 6.21. The largest absolute Gasteiger partial charge is 0.497 e. The molecule has 0 radical (unpaired) electrons. The number of halogens is 1. The molecule has 1 aliphatic carbocycles. The number of methoxy groups -OCH3 is 1. The summed E-state index contributed by atoms with van der Waals surface area (Å²) in [6.07, 6.45) is 8.35. The molecule has 3 aromatic carbocycles. The lowest BCUT2D eigenvalue weighted by Gasteiger charge is -2.30. The average Bonchev–Trinajstić information content (AvgIpc) is 3.41. The van der Waals surface area contributed by atoms with E-state index in [2.05, 4.69) is 15.5 Å². The monoisotopic (exact) mass is 557 g/mol. The van der Waals surface area contributed by atoms with E-state index in [9.17, 15) is 14.0 Å². The zero-order valence-corrected chi connectivity index (χ0v) is 23.8. The van der Waals surface area contributed by atoms with Crippen LogP contribution in [0.1, 0.15) is 72.5 Å². The van der Waals surface area contributed by atoms with Gasteiger partial charge >= 0.3 is 0 Å². The Morgan fingerprint density at radius 3 is 2.56 bits per heavy atom. The zero-order chi connectivity index (χ0) is 28.6. The maximum absolute atomic E-state index is 13.9. The summed E-state index contributed by atoms with van der Waals surface area (Å²) in [4.78, 5) is 29.4.